The van der Waals surface area contributed by atoms with Gasteiger partial charge >= 0.3 is 0 Å². The summed E-state index contributed by atoms with van der Waals surface area (Å²) in [5.41, 5.74) is 3.66. The number of methoxy groups -OCH3 is 1. The second-order valence-electron chi connectivity index (χ2n) is 6.14. The molecule has 27 heavy (non-hydrogen) atoms. The third kappa shape index (κ3) is 4.85. The molecule has 3 heterocycles. The third-order valence-corrected chi connectivity index (χ3v) is 5.81. The standard InChI is InChI=1S/C18H22N4O3S2/c1-11-7-15(12(2)22(11)5-6-24-4)16(23)10-27-18-21-20-17(25-18)8-14-9-26-13(3)19-14/h7,9H,5-6,8,10H2,1-4H3. The Balaban J connectivity index is 1.59. The van der Waals surface area contributed by atoms with Crippen molar-refractivity contribution in [2.75, 3.05) is 19.5 Å². The van der Waals surface area contributed by atoms with Crippen LogP contribution in [-0.2, 0) is 17.7 Å². The number of rotatable bonds is 9. The van der Waals surface area contributed by atoms with E-state index in [1.54, 1.807) is 18.4 Å². The van der Waals surface area contributed by atoms with Crippen molar-refractivity contribution in [3.63, 3.8) is 0 Å². The van der Waals surface area contributed by atoms with Gasteiger partial charge in [-0.05, 0) is 26.8 Å². The minimum Gasteiger partial charge on any atom is -0.416 e. The first kappa shape index (κ1) is 19.8. The van der Waals surface area contributed by atoms with Crippen LogP contribution in [0.2, 0.25) is 0 Å². The highest BCUT2D eigenvalue weighted by atomic mass is 32.2. The molecule has 0 unspecified atom stereocenters. The summed E-state index contributed by atoms with van der Waals surface area (Å²) in [6, 6.07) is 1.93. The highest BCUT2D eigenvalue weighted by Crippen LogP contribution is 2.22. The van der Waals surface area contributed by atoms with E-state index < -0.39 is 0 Å². The maximum absolute atomic E-state index is 12.6. The van der Waals surface area contributed by atoms with Gasteiger partial charge in [-0.1, -0.05) is 11.8 Å². The number of aryl methyl sites for hydroxylation is 2. The molecule has 144 valence electrons. The van der Waals surface area contributed by atoms with Crippen LogP contribution in [-0.4, -0.2) is 45.0 Å². The SMILES string of the molecule is COCCn1c(C)cc(C(=O)CSc2nnc(Cc3csc(C)n3)o2)c1C. The molecule has 0 fully saturated rings. The lowest BCUT2D eigenvalue weighted by atomic mass is 10.2. The van der Waals surface area contributed by atoms with E-state index in [1.807, 2.05) is 32.2 Å². The van der Waals surface area contributed by atoms with E-state index in [0.29, 0.717) is 24.1 Å². The molecule has 0 N–H and O–H groups in total. The summed E-state index contributed by atoms with van der Waals surface area (Å²) in [6.45, 7) is 7.26. The van der Waals surface area contributed by atoms with Crippen LogP contribution in [0.1, 0.15) is 38.3 Å². The number of hydrogen-bond acceptors (Lipinski definition) is 8. The number of Topliss-reactive ketones (excluding diaryl/α,β-unsaturated/α-hetero) is 1. The van der Waals surface area contributed by atoms with E-state index in [9.17, 15) is 4.79 Å². The maximum Gasteiger partial charge on any atom is 0.277 e. The Labute approximate surface area is 166 Å². The first-order valence-corrected chi connectivity index (χ1v) is 10.4. The molecule has 0 aliphatic carbocycles. The fourth-order valence-corrected chi connectivity index (χ4v) is 4.10. The van der Waals surface area contributed by atoms with Crippen LogP contribution in [0.15, 0.2) is 21.1 Å². The first-order valence-electron chi connectivity index (χ1n) is 8.53. The van der Waals surface area contributed by atoms with Gasteiger partial charge in [0.15, 0.2) is 5.78 Å². The van der Waals surface area contributed by atoms with E-state index >= 15 is 0 Å². The predicted molar refractivity (Wildman–Crippen MR) is 105 cm³/mol. The summed E-state index contributed by atoms with van der Waals surface area (Å²) in [4.78, 5) is 17.0. The monoisotopic (exact) mass is 406 g/mol. The normalized spacial score (nSPS) is 11.3. The Kier molecular flexibility index (Phi) is 6.46. The molecule has 0 aromatic carbocycles. The number of thioether (sulfide) groups is 1. The second kappa shape index (κ2) is 8.81. The minimum absolute atomic E-state index is 0.0478. The van der Waals surface area contributed by atoms with Crippen LogP contribution < -0.4 is 0 Å². The van der Waals surface area contributed by atoms with E-state index in [-0.39, 0.29) is 11.5 Å². The fourth-order valence-electron chi connectivity index (χ4n) is 2.83. The van der Waals surface area contributed by atoms with Crippen LogP contribution in [0, 0.1) is 20.8 Å². The van der Waals surface area contributed by atoms with Crippen molar-refractivity contribution in [2.24, 2.45) is 0 Å². The van der Waals surface area contributed by atoms with Crippen LogP contribution in [0.5, 0.6) is 0 Å². The molecule has 9 heteroatoms. The van der Waals surface area contributed by atoms with Crippen LogP contribution in [0.4, 0.5) is 0 Å². The van der Waals surface area contributed by atoms with Crippen LogP contribution in [0.3, 0.4) is 0 Å². The molecule has 0 atom stereocenters. The van der Waals surface area contributed by atoms with Gasteiger partial charge in [0.2, 0.25) is 5.89 Å². The number of carbonyl (C=O) groups is 1. The van der Waals surface area contributed by atoms with Crippen molar-refractivity contribution in [1.29, 1.82) is 0 Å². The van der Waals surface area contributed by atoms with E-state index in [0.717, 1.165) is 34.2 Å². The Morgan fingerprint density at radius 1 is 1.33 bits per heavy atom. The molecule has 0 aliphatic rings. The highest BCUT2D eigenvalue weighted by molar-refractivity contribution is 7.99. The van der Waals surface area contributed by atoms with E-state index in [2.05, 4.69) is 19.7 Å². The van der Waals surface area contributed by atoms with Crippen molar-refractivity contribution < 1.29 is 13.9 Å². The van der Waals surface area contributed by atoms with Crippen LogP contribution in [0.25, 0.3) is 0 Å². The molecule has 3 aromatic rings. The average Bonchev–Trinajstić information content (AvgIpc) is 3.33. The summed E-state index contributed by atoms with van der Waals surface area (Å²) in [5.74, 6) is 0.811. The Morgan fingerprint density at radius 3 is 2.85 bits per heavy atom. The quantitative estimate of drug-likeness (QED) is 0.397. The number of aromatic nitrogens is 4. The summed E-state index contributed by atoms with van der Waals surface area (Å²) < 4.78 is 12.9. The van der Waals surface area contributed by atoms with Crippen molar-refractivity contribution in [3.8, 4) is 0 Å². The summed E-state index contributed by atoms with van der Waals surface area (Å²) in [7, 11) is 1.67. The Bertz CT molecular complexity index is 929. The number of ketones is 1. The fraction of sp³-hybridized carbons (Fsp3) is 0.444. The molecule has 0 radical (unpaired) electrons. The first-order chi connectivity index (χ1) is 13.0. The molecular weight excluding hydrogens is 384 g/mol. The van der Waals surface area contributed by atoms with Gasteiger partial charge < -0.3 is 13.7 Å². The number of nitrogens with zero attached hydrogens (tertiary/aromatic N) is 4. The van der Waals surface area contributed by atoms with Gasteiger partial charge in [0, 0.05) is 36.0 Å². The number of thiazole rings is 1. The molecule has 3 aromatic heterocycles. The van der Waals surface area contributed by atoms with Crippen molar-refractivity contribution in [2.45, 2.75) is 39.0 Å². The van der Waals surface area contributed by atoms with Crippen LogP contribution >= 0.6 is 23.1 Å². The van der Waals surface area contributed by atoms with Gasteiger partial charge in [-0.3, -0.25) is 4.79 Å². The van der Waals surface area contributed by atoms with Gasteiger partial charge in [-0.25, -0.2) is 4.98 Å². The van der Waals surface area contributed by atoms with Gasteiger partial charge in [-0.2, -0.15) is 0 Å². The Hall–Kier alpha value is -1.97. The van der Waals surface area contributed by atoms with Gasteiger partial charge in [-0.15, -0.1) is 21.5 Å². The predicted octanol–water partition coefficient (Wildman–Crippen LogP) is 3.47. The van der Waals surface area contributed by atoms with Crippen molar-refractivity contribution >= 4 is 28.9 Å². The zero-order valence-electron chi connectivity index (χ0n) is 15.8. The number of ether oxygens (including phenoxy) is 1. The van der Waals surface area contributed by atoms with Crippen molar-refractivity contribution in [1.82, 2.24) is 19.7 Å². The lowest BCUT2D eigenvalue weighted by Crippen LogP contribution is -2.09. The summed E-state index contributed by atoms with van der Waals surface area (Å²) in [6.07, 6.45) is 0.506. The highest BCUT2D eigenvalue weighted by Gasteiger charge is 2.17. The zero-order chi connectivity index (χ0) is 19.4. The molecule has 0 bridgehead atoms. The summed E-state index contributed by atoms with van der Waals surface area (Å²) in [5, 5.41) is 11.4. The maximum atomic E-state index is 12.6. The lowest BCUT2D eigenvalue weighted by molar-refractivity contribution is 0.102. The average molecular weight is 407 g/mol. The molecular formula is C18H22N4O3S2. The van der Waals surface area contributed by atoms with E-state index in [4.69, 9.17) is 9.15 Å². The minimum atomic E-state index is 0.0478. The molecule has 0 spiro atoms. The topological polar surface area (TPSA) is 83.0 Å². The summed E-state index contributed by atoms with van der Waals surface area (Å²) >= 11 is 2.85. The van der Waals surface area contributed by atoms with Gasteiger partial charge in [0.1, 0.15) is 0 Å². The molecule has 0 amide bonds. The second-order valence-corrected chi connectivity index (χ2v) is 8.13. The van der Waals surface area contributed by atoms with Gasteiger partial charge in [0.05, 0.1) is 29.5 Å². The smallest absolute Gasteiger partial charge is 0.277 e. The molecule has 7 nitrogen and oxygen atoms in total. The molecule has 3 rings (SSSR count). The molecule has 0 saturated heterocycles. The zero-order valence-corrected chi connectivity index (χ0v) is 17.4. The molecule has 0 saturated carbocycles. The number of hydrogen-bond donors (Lipinski definition) is 0. The largest absolute Gasteiger partial charge is 0.416 e. The van der Waals surface area contributed by atoms with E-state index in [1.165, 1.54) is 11.8 Å². The third-order valence-electron chi connectivity index (χ3n) is 4.17. The molecule has 0 aliphatic heterocycles. The Morgan fingerprint density at radius 2 is 2.15 bits per heavy atom. The lowest BCUT2D eigenvalue weighted by Gasteiger charge is -2.08. The number of carbonyl (C=O) groups excluding carboxylic acids is 1. The van der Waals surface area contributed by atoms with Crippen molar-refractivity contribution in [3.05, 3.63) is 45.0 Å². The van der Waals surface area contributed by atoms with Gasteiger partial charge in [0.25, 0.3) is 5.22 Å².